The lowest BCUT2D eigenvalue weighted by Crippen LogP contribution is -2.19. The summed E-state index contributed by atoms with van der Waals surface area (Å²) in [6.07, 6.45) is 0. The normalized spacial score (nSPS) is 10.3. The first kappa shape index (κ1) is 18.5. The molecule has 0 aliphatic heterocycles. The van der Waals surface area contributed by atoms with Gasteiger partial charge < -0.3 is 25.4 Å². The van der Waals surface area contributed by atoms with Gasteiger partial charge in [-0.1, -0.05) is 11.3 Å². The molecule has 0 saturated carbocycles. The van der Waals surface area contributed by atoms with Crippen molar-refractivity contribution in [2.75, 3.05) is 30.2 Å². The molecule has 0 aliphatic carbocycles. The van der Waals surface area contributed by atoms with Gasteiger partial charge in [-0.2, -0.15) is 0 Å². The quantitative estimate of drug-likeness (QED) is 0.617. The fraction of sp³-hybridized carbons (Fsp3) is 0.167. The fourth-order valence-electron chi connectivity index (χ4n) is 2.38. The SMILES string of the molecule is COc1cc(NC(=O)Nc2ccc3nc(NC(C)=O)sc3c2)cc(OC)c1. The molecule has 3 rings (SSSR count). The van der Waals surface area contributed by atoms with Crippen molar-refractivity contribution >= 4 is 50.0 Å². The number of carbonyl (C=O) groups excluding carboxylic acids is 2. The van der Waals surface area contributed by atoms with E-state index in [0.717, 1.165) is 10.2 Å². The van der Waals surface area contributed by atoms with E-state index in [-0.39, 0.29) is 5.91 Å². The number of rotatable bonds is 5. The molecule has 9 heteroatoms. The highest BCUT2D eigenvalue weighted by Crippen LogP contribution is 2.29. The smallest absolute Gasteiger partial charge is 0.323 e. The maximum absolute atomic E-state index is 12.3. The summed E-state index contributed by atoms with van der Waals surface area (Å²) >= 11 is 1.33. The van der Waals surface area contributed by atoms with Crippen LogP contribution in [-0.2, 0) is 4.79 Å². The van der Waals surface area contributed by atoms with Crippen LogP contribution in [0.15, 0.2) is 36.4 Å². The molecule has 3 amide bonds. The molecule has 0 fully saturated rings. The number of nitrogens with zero attached hydrogens (tertiary/aromatic N) is 1. The second kappa shape index (κ2) is 7.92. The summed E-state index contributed by atoms with van der Waals surface area (Å²) in [4.78, 5) is 27.7. The summed E-state index contributed by atoms with van der Waals surface area (Å²) in [6.45, 7) is 1.43. The van der Waals surface area contributed by atoms with Gasteiger partial charge >= 0.3 is 6.03 Å². The molecule has 3 aromatic rings. The number of hydrogen-bond acceptors (Lipinski definition) is 6. The maximum atomic E-state index is 12.3. The number of amides is 3. The molecule has 0 bridgehead atoms. The molecule has 1 aromatic heterocycles. The molecule has 0 atom stereocenters. The van der Waals surface area contributed by atoms with Crippen molar-refractivity contribution in [3.8, 4) is 11.5 Å². The van der Waals surface area contributed by atoms with E-state index in [1.807, 2.05) is 0 Å². The third kappa shape index (κ3) is 4.64. The van der Waals surface area contributed by atoms with Gasteiger partial charge in [0, 0.05) is 36.5 Å². The van der Waals surface area contributed by atoms with Gasteiger partial charge in [-0.25, -0.2) is 9.78 Å². The van der Waals surface area contributed by atoms with Crippen LogP contribution >= 0.6 is 11.3 Å². The van der Waals surface area contributed by atoms with Crippen LogP contribution in [-0.4, -0.2) is 31.1 Å². The van der Waals surface area contributed by atoms with Crippen LogP contribution in [0.3, 0.4) is 0 Å². The van der Waals surface area contributed by atoms with Crippen molar-refractivity contribution in [2.45, 2.75) is 6.92 Å². The first-order chi connectivity index (χ1) is 13.0. The summed E-state index contributed by atoms with van der Waals surface area (Å²) in [5.41, 5.74) is 1.88. The second-order valence-corrected chi connectivity index (χ2v) is 6.59. The van der Waals surface area contributed by atoms with Crippen LogP contribution in [0.2, 0.25) is 0 Å². The fourth-order valence-corrected chi connectivity index (χ4v) is 3.33. The Morgan fingerprint density at radius 3 is 2.22 bits per heavy atom. The molecule has 2 aromatic carbocycles. The van der Waals surface area contributed by atoms with Crippen molar-refractivity contribution in [3.05, 3.63) is 36.4 Å². The highest BCUT2D eigenvalue weighted by Gasteiger charge is 2.09. The summed E-state index contributed by atoms with van der Waals surface area (Å²) in [5.74, 6) is 0.961. The molecule has 0 aliphatic rings. The molecule has 0 spiro atoms. The summed E-state index contributed by atoms with van der Waals surface area (Å²) < 4.78 is 11.2. The van der Waals surface area contributed by atoms with Gasteiger partial charge in [0.15, 0.2) is 5.13 Å². The van der Waals surface area contributed by atoms with E-state index in [0.29, 0.717) is 28.0 Å². The zero-order valence-electron chi connectivity index (χ0n) is 15.0. The minimum Gasteiger partial charge on any atom is -0.497 e. The van der Waals surface area contributed by atoms with Crippen molar-refractivity contribution in [2.24, 2.45) is 0 Å². The van der Waals surface area contributed by atoms with E-state index in [2.05, 4.69) is 20.9 Å². The minimum absolute atomic E-state index is 0.180. The number of carbonyl (C=O) groups is 2. The van der Waals surface area contributed by atoms with Gasteiger partial charge in [0.05, 0.1) is 24.4 Å². The molecule has 1 heterocycles. The number of aromatic nitrogens is 1. The molecule has 3 N–H and O–H groups in total. The molecule has 8 nitrogen and oxygen atoms in total. The van der Waals surface area contributed by atoms with Crippen LogP contribution < -0.4 is 25.4 Å². The number of benzene rings is 2. The van der Waals surface area contributed by atoms with Gasteiger partial charge in [-0.05, 0) is 18.2 Å². The van der Waals surface area contributed by atoms with Crippen molar-refractivity contribution in [1.82, 2.24) is 4.98 Å². The number of thiazole rings is 1. The van der Waals surface area contributed by atoms with E-state index in [1.54, 1.807) is 36.4 Å². The summed E-state index contributed by atoms with van der Waals surface area (Å²) in [5, 5.41) is 8.68. The maximum Gasteiger partial charge on any atom is 0.323 e. The number of ether oxygens (including phenoxy) is 2. The second-order valence-electron chi connectivity index (χ2n) is 5.56. The van der Waals surface area contributed by atoms with Crippen LogP contribution in [0.5, 0.6) is 11.5 Å². The molecule has 140 valence electrons. The number of urea groups is 1. The number of methoxy groups -OCH3 is 2. The lowest BCUT2D eigenvalue weighted by atomic mass is 10.2. The standard InChI is InChI=1S/C18H18N4O4S/c1-10(23)19-18-22-15-5-4-11(8-16(15)27-18)20-17(24)21-12-6-13(25-2)9-14(7-12)26-3/h4-9H,1-3H3,(H,19,22,23)(H2,20,21,24). The van der Waals surface area contributed by atoms with Crippen LogP contribution in [0.25, 0.3) is 10.2 Å². The number of anilines is 3. The molecule has 0 unspecified atom stereocenters. The van der Waals surface area contributed by atoms with E-state index < -0.39 is 6.03 Å². The van der Waals surface area contributed by atoms with Crippen LogP contribution in [0, 0.1) is 0 Å². The zero-order chi connectivity index (χ0) is 19.4. The molecular formula is C18H18N4O4S. The lowest BCUT2D eigenvalue weighted by Gasteiger charge is -2.11. The van der Waals surface area contributed by atoms with Crippen LogP contribution in [0.4, 0.5) is 21.3 Å². The largest absolute Gasteiger partial charge is 0.497 e. The Morgan fingerprint density at radius 1 is 0.926 bits per heavy atom. The van der Waals surface area contributed by atoms with Crippen molar-refractivity contribution in [3.63, 3.8) is 0 Å². The lowest BCUT2D eigenvalue weighted by molar-refractivity contribution is -0.114. The van der Waals surface area contributed by atoms with Gasteiger partial charge in [-0.3, -0.25) is 4.79 Å². The molecule has 27 heavy (non-hydrogen) atoms. The number of nitrogens with one attached hydrogen (secondary N) is 3. The van der Waals surface area contributed by atoms with E-state index in [1.165, 1.54) is 32.5 Å². The average Bonchev–Trinajstić information content (AvgIpc) is 3.01. The third-order valence-corrected chi connectivity index (χ3v) is 4.47. The predicted octanol–water partition coefficient (Wildman–Crippen LogP) is 3.92. The Labute approximate surface area is 159 Å². The Morgan fingerprint density at radius 2 is 1.59 bits per heavy atom. The van der Waals surface area contributed by atoms with Gasteiger partial charge in [-0.15, -0.1) is 0 Å². The summed E-state index contributed by atoms with van der Waals surface area (Å²) in [6, 6.07) is 10.0. The minimum atomic E-state index is -0.406. The Balaban J connectivity index is 1.73. The van der Waals surface area contributed by atoms with Gasteiger partial charge in [0.2, 0.25) is 5.91 Å². The first-order valence-corrected chi connectivity index (χ1v) is 8.78. The Hall–Kier alpha value is -3.33. The first-order valence-electron chi connectivity index (χ1n) is 7.96. The predicted molar refractivity (Wildman–Crippen MR) is 106 cm³/mol. The van der Waals surface area contributed by atoms with E-state index >= 15 is 0 Å². The topological polar surface area (TPSA) is 102 Å². The molecule has 0 radical (unpaired) electrons. The Kier molecular flexibility index (Phi) is 5.41. The van der Waals surface area contributed by atoms with Gasteiger partial charge in [0.25, 0.3) is 0 Å². The average molecular weight is 386 g/mol. The number of hydrogen-bond donors (Lipinski definition) is 3. The number of fused-ring (bicyclic) bond motifs is 1. The highest BCUT2D eigenvalue weighted by atomic mass is 32.1. The third-order valence-electron chi connectivity index (χ3n) is 3.54. The molecule has 0 saturated heterocycles. The highest BCUT2D eigenvalue weighted by molar-refractivity contribution is 7.22. The molecular weight excluding hydrogens is 368 g/mol. The van der Waals surface area contributed by atoms with E-state index in [4.69, 9.17) is 9.47 Å². The van der Waals surface area contributed by atoms with E-state index in [9.17, 15) is 9.59 Å². The summed E-state index contributed by atoms with van der Waals surface area (Å²) in [7, 11) is 3.08. The van der Waals surface area contributed by atoms with Gasteiger partial charge in [0.1, 0.15) is 11.5 Å². The van der Waals surface area contributed by atoms with Crippen molar-refractivity contribution in [1.29, 1.82) is 0 Å². The zero-order valence-corrected chi connectivity index (χ0v) is 15.8. The van der Waals surface area contributed by atoms with Crippen molar-refractivity contribution < 1.29 is 19.1 Å². The van der Waals surface area contributed by atoms with Crippen LogP contribution in [0.1, 0.15) is 6.92 Å². The monoisotopic (exact) mass is 386 g/mol. The Bertz CT molecular complexity index is 980.